The summed E-state index contributed by atoms with van der Waals surface area (Å²) in [6.45, 7) is 3.28. The van der Waals surface area contributed by atoms with Crippen LogP contribution in [-0.4, -0.2) is 41.0 Å². The largest absolute Gasteiger partial charge is 0.508 e. The predicted octanol–water partition coefficient (Wildman–Crippen LogP) is 2.67. The van der Waals surface area contributed by atoms with Crippen LogP contribution in [0.15, 0.2) is 41.8 Å². The van der Waals surface area contributed by atoms with Crippen LogP contribution in [0.1, 0.15) is 29.3 Å². The number of benzene rings is 1. The Labute approximate surface area is 155 Å². The van der Waals surface area contributed by atoms with Gasteiger partial charge in [-0.2, -0.15) is 0 Å². The third-order valence-corrected chi connectivity index (χ3v) is 5.40. The Morgan fingerprint density at radius 3 is 2.62 bits per heavy atom. The molecular weight excluding hydrogens is 350 g/mol. The van der Waals surface area contributed by atoms with Crippen LogP contribution in [0.4, 0.5) is 5.00 Å². The highest BCUT2D eigenvalue weighted by molar-refractivity contribution is 7.14. The second-order valence-electron chi connectivity index (χ2n) is 6.21. The van der Waals surface area contributed by atoms with Gasteiger partial charge in [0.05, 0.1) is 11.6 Å². The molecule has 2 aromatic rings. The molecule has 2 amide bonds. The standard InChI is InChI=1S/C19H21N3O3S/c1-12(18(25)21-19-16(17(20)24)8-11-26-19)22-9-6-14(7-10-22)13-2-4-15(23)5-3-13/h2-6,8,11-12,23H,7,9-10H2,1H3,(H2,20,24)(H,21,25). The maximum absolute atomic E-state index is 12.5. The topological polar surface area (TPSA) is 95.7 Å². The number of hydrogen-bond acceptors (Lipinski definition) is 5. The molecule has 0 saturated carbocycles. The summed E-state index contributed by atoms with van der Waals surface area (Å²) in [6, 6.07) is 8.44. The second-order valence-corrected chi connectivity index (χ2v) is 7.13. The molecule has 7 heteroatoms. The first-order valence-electron chi connectivity index (χ1n) is 8.36. The van der Waals surface area contributed by atoms with Gasteiger partial charge in [0.2, 0.25) is 5.91 Å². The first-order valence-corrected chi connectivity index (χ1v) is 9.24. The number of thiophene rings is 1. The number of aromatic hydroxyl groups is 1. The number of carbonyl (C=O) groups is 2. The quantitative estimate of drug-likeness (QED) is 0.753. The summed E-state index contributed by atoms with van der Waals surface area (Å²) in [4.78, 5) is 26.0. The summed E-state index contributed by atoms with van der Waals surface area (Å²) < 4.78 is 0. The Kier molecular flexibility index (Phi) is 5.39. The van der Waals surface area contributed by atoms with Gasteiger partial charge in [-0.15, -0.1) is 11.3 Å². The van der Waals surface area contributed by atoms with Crippen molar-refractivity contribution in [2.24, 2.45) is 5.73 Å². The van der Waals surface area contributed by atoms with E-state index in [2.05, 4.69) is 16.3 Å². The average Bonchev–Trinajstić information content (AvgIpc) is 3.10. The van der Waals surface area contributed by atoms with Gasteiger partial charge in [0.1, 0.15) is 10.8 Å². The third-order valence-electron chi connectivity index (χ3n) is 4.57. The van der Waals surface area contributed by atoms with Crippen LogP contribution in [0, 0.1) is 0 Å². The fourth-order valence-corrected chi connectivity index (χ4v) is 3.75. The molecule has 0 fully saturated rings. The van der Waals surface area contributed by atoms with Crippen molar-refractivity contribution in [3.63, 3.8) is 0 Å². The van der Waals surface area contributed by atoms with Crippen LogP contribution >= 0.6 is 11.3 Å². The Hall–Kier alpha value is -2.64. The smallest absolute Gasteiger partial charge is 0.251 e. The van der Waals surface area contributed by atoms with Crippen LogP contribution in [0.5, 0.6) is 5.75 Å². The number of primary amides is 1. The van der Waals surface area contributed by atoms with E-state index in [9.17, 15) is 14.7 Å². The van der Waals surface area contributed by atoms with E-state index in [1.54, 1.807) is 23.6 Å². The molecule has 3 rings (SSSR count). The van der Waals surface area contributed by atoms with E-state index < -0.39 is 5.91 Å². The van der Waals surface area contributed by atoms with E-state index in [1.807, 2.05) is 19.1 Å². The highest BCUT2D eigenvalue weighted by atomic mass is 32.1. The maximum atomic E-state index is 12.5. The molecule has 6 nitrogen and oxygen atoms in total. The lowest BCUT2D eigenvalue weighted by molar-refractivity contribution is -0.120. The van der Waals surface area contributed by atoms with Crippen LogP contribution in [0.3, 0.4) is 0 Å². The van der Waals surface area contributed by atoms with Crippen molar-refractivity contribution in [1.82, 2.24) is 4.90 Å². The van der Waals surface area contributed by atoms with Crippen molar-refractivity contribution in [2.45, 2.75) is 19.4 Å². The average molecular weight is 371 g/mol. The molecule has 0 radical (unpaired) electrons. The molecule has 26 heavy (non-hydrogen) atoms. The van der Waals surface area contributed by atoms with Crippen molar-refractivity contribution in [2.75, 3.05) is 18.4 Å². The van der Waals surface area contributed by atoms with Crippen LogP contribution < -0.4 is 11.1 Å². The van der Waals surface area contributed by atoms with E-state index in [1.165, 1.54) is 16.9 Å². The lowest BCUT2D eigenvalue weighted by atomic mass is 9.98. The van der Waals surface area contributed by atoms with E-state index in [-0.39, 0.29) is 17.7 Å². The number of phenols is 1. The van der Waals surface area contributed by atoms with Crippen molar-refractivity contribution < 1.29 is 14.7 Å². The first-order chi connectivity index (χ1) is 12.5. The van der Waals surface area contributed by atoms with Gasteiger partial charge in [0.15, 0.2) is 0 Å². The zero-order valence-electron chi connectivity index (χ0n) is 14.4. The Morgan fingerprint density at radius 1 is 1.27 bits per heavy atom. The second kappa shape index (κ2) is 7.72. The van der Waals surface area contributed by atoms with Crippen LogP contribution in [0.25, 0.3) is 5.57 Å². The minimum Gasteiger partial charge on any atom is -0.508 e. The summed E-state index contributed by atoms with van der Waals surface area (Å²) in [6.07, 6.45) is 2.94. The van der Waals surface area contributed by atoms with Crippen LogP contribution in [0.2, 0.25) is 0 Å². The number of amides is 2. The van der Waals surface area contributed by atoms with Crippen molar-refractivity contribution in [3.05, 3.63) is 52.9 Å². The normalized spacial score (nSPS) is 16.0. The Balaban J connectivity index is 1.63. The molecule has 0 aliphatic carbocycles. The molecule has 2 heterocycles. The van der Waals surface area contributed by atoms with Gasteiger partial charge < -0.3 is 16.2 Å². The first kappa shape index (κ1) is 18.2. The van der Waals surface area contributed by atoms with Gasteiger partial charge in [-0.25, -0.2) is 0 Å². The number of carbonyl (C=O) groups excluding carboxylic acids is 2. The molecule has 0 bridgehead atoms. The lowest BCUT2D eigenvalue weighted by Gasteiger charge is -2.31. The SMILES string of the molecule is CC(C(=O)Nc1sccc1C(N)=O)N1CC=C(c2ccc(O)cc2)CC1. The fraction of sp³-hybridized carbons (Fsp3) is 0.263. The third kappa shape index (κ3) is 3.95. The minimum absolute atomic E-state index is 0.156. The summed E-state index contributed by atoms with van der Waals surface area (Å²) in [5.41, 5.74) is 7.95. The number of nitrogens with zero attached hydrogens (tertiary/aromatic N) is 1. The van der Waals surface area contributed by atoms with E-state index in [0.717, 1.165) is 18.5 Å². The highest BCUT2D eigenvalue weighted by Gasteiger charge is 2.24. The van der Waals surface area contributed by atoms with Gasteiger partial charge in [-0.3, -0.25) is 14.5 Å². The lowest BCUT2D eigenvalue weighted by Crippen LogP contribution is -2.44. The molecule has 1 unspecified atom stereocenters. The minimum atomic E-state index is -0.548. The summed E-state index contributed by atoms with van der Waals surface area (Å²) >= 11 is 1.29. The number of anilines is 1. The summed E-state index contributed by atoms with van der Waals surface area (Å²) in [5, 5.41) is 14.4. The van der Waals surface area contributed by atoms with E-state index in [4.69, 9.17) is 5.73 Å². The molecule has 0 spiro atoms. The number of phenolic OH excluding ortho intramolecular Hbond substituents is 1. The summed E-state index contributed by atoms with van der Waals surface area (Å²) in [5.74, 6) is -0.453. The monoisotopic (exact) mass is 371 g/mol. The van der Waals surface area contributed by atoms with Crippen molar-refractivity contribution >= 4 is 33.7 Å². The fourth-order valence-electron chi connectivity index (χ4n) is 2.96. The number of rotatable bonds is 5. The summed E-state index contributed by atoms with van der Waals surface area (Å²) in [7, 11) is 0. The molecule has 1 aliphatic heterocycles. The number of nitrogens with two attached hydrogens (primary N) is 1. The number of hydrogen-bond donors (Lipinski definition) is 3. The van der Waals surface area contributed by atoms with Gasteiger partial charge in [0, 0.05) is 13.1 Å². The molecule has 4 N–H and O–H groups in total. The van der Waals surface area contributed by atoms with Gasteiger partial charge in [-0.1, -0.05) is 18.2 Å². The number of nitrogens with one attached hydrogen (secondary N) is 1. The van der Waals surface area contributed by atoms with Crippen molar-refractivity contribution in [1.29, 1.82) is 0 Å². The Morgan fingerprint density at radius 2 is 2.00 bits per heavy atom. The van der Waals surface area contributed by atoms with Gasteiger partial charge >= 0.3 is 0 Å². The van der Waals surface area contributed by atoms with Crippen LogP contribution in [-0.2, 0) is 4.79 Å². The zero-order chi connectivity index (χ0) is 18.7. The zero-order valence-corrected chi connectivity index (χ0v) is 15.3. The van der Waals surface area contributed by atoms with Gasteiger partial charge in [-0.05, 0) is 48.1 Å². The molecule has 0 saturated heterocycles. The van der Waals surface area contributed by atoms with Gasteiger partial charge in [0.25, 0.3) is 5.91 Å². The molecule has 1 aliphatic rings. The van der Waals surface area contributed by atoms with Crippen molar-refractivity contribution in [3.8, 4) is 5.75 Å². The van der Waals surface area contributed by atoms with E-state index >= 15 is 0 Å². The Bertz CT molecular complexity index is 842. The molecular formula is C19H21N3O3S. The molecule has 1 aromatic carbocycles. The molecule has 1 aromatic heterocycles. The molecule has 1 atom stereocenters. The highest BCUT2D eigenvalue weighted by Crippen LogP contribution is 2.26. The molecule has 136 valence electrons. The predicted molar refractivity (Wildman–Crippen MR) is 103 cm³/mol. The maximum Gasteiger partial charge on any atom is 0.251 e. The van der Waals surface area contributed by atoms with E-state index in [0.29, 0.717) is 17.1 Å².